The summed E-state index contributed by atoms with van der Waals surface area (Å²) in [5.41, 5.74) is 3.70. The molecule has 0 spiro atoms. The Bertz CT molecular complexity index is 636. The van der Waals surface area contributed by atoms with Crippen molar-refractivity contribution in [2.75, 3.05) is 13.7 Å². The molecule has 0 amide bonds. The fourth-order valence-corrected chi connectivity index (χ4v) is 3.24. The van der Waals surface area contributed by atoms with E-state index in [1.165, 1.54) is 16.8 Å². The van der Waals surface area contributed by atoms with Gasteiger partial charge in [-0.15, -0.1) is 0 Å². The molecule has 0 aliphatic carbocycles. The van der Waals surface area contributed by atoms with Crippen molar-refractivity contribution < 1.29 is 4.74 Å². The van der Waals surface area contributed by atoms with Crippen LogP contribution in [0.3, 0.4) is 0 Å². The Kier molecular flexibility index (Phi) is 3.81. The zero-order valence-corrected chi connectivity index (χ0v) is 13.3. The minimum Gasteiger partial charge on any atom is -0.493 e. The minimum atomic E-state index is 0.783. The van der Waals surface area contributed by atoms with Gasteiger partial charge in [0.2, 0.25) is 0 Å². The average molecular weight is 336 g/mol. The van der Waals surface area contributed by atoms with Gasteiger partial charge in [0, 0.05) is 29.2 Å². The molecule has 1 aromatic heterocycles. The van der Waals surface area contributed by atoms with Gasteiger partial charge in [-0.1, -0.05) is 15.9 Å². The smallest absolute Gasteiger partial charge is 0.127 e. The molecular formula is C15H18BrN3O. The third-order valence-corrected chi connectivity index (χ3v) is 4.11. The largest absolute Gasteiger partial charge is 0.493 e. The molecular weight excluding hydrogens is 318 g/mol. The van der Waals surface area contributed by atoms with Crippen LogP contribution < -0.4 is 10.1 Å². The van der Waals surface area contributed by atoms with E-state index in [1.54, 1.807) is 0 Å². The van der Waals surface area contributed by atoms with E-state index in [-0.39, 0.29) is 0 Å². The van der Waals surface area contributed by atoms with Crippen LogP contribution >= 0.6 is 15.9 Å². The van der Waals surface area contributed by atoms with E-state index in [0.29, 0.717) is 0 Å². The molecule has 2 aromatic rings. The van der Waals surface area contributed by atoms with E-state index in [1.807, 2.05) is 20.2 Å². The Labute approximate surface area is 127 Å². The Hall–Kier alpha value is -1.33. The van der Waals surface area contributed by atoms with Crippen LogP contribution in [-0.4, -0.2) is 23.2 Å². The first-order valence-electron chi connectivity index (χ1n) is 6.78. The summed E-state index contributed by atoms with van der Waals surface area (Å²) in [5, 5.41) is 3.19. The van der Waals surface area contributed by atoms with Gasteiger partial charge in [0.25, 0.3) is 0 Å². The van der Waals surface area contributed by atoms with E-state index in [9.17, 15) is 0 Å². The summed E-state index contributed by atoms with van der Waals surface area (Å²) in [6, 6.07) is 4.30. The van der Waals surface area contributed by atoms with Crippen LogP contribution in [0.2, 0.25) is 0 Å². The molecule has 0 atom stereocenters. The predicted molar refractivity (Wildman–Crippen MR) is 82.2 cm³/mol. The second-order valence-electron chi connectivity index (χ2n) is 5.06. The second-order valence-corrected chi connectivity index (χ2v) is 5.98. The Morgan fingerprint density at radius 2 is 2.30 bits per heavy atom. The van der Waals surface area contributed by atoms with Crippen LogP contribution in [0.1, 0.15) is 22.6 Å². The summed E-state index contributed by atoms with van der Waals surface area (Å²) in [7, 11) is 1.95. The van der Waals surface area contributed by atoms with Gasteiger partial charge in [0.15, 0.2) is 0 Å². The molecule has 0 radical (unpaired) electrons. The number of hydrogen-bond donors (Lipinski definition) is 1. The lowest BCUT2D eigenvalue weighted by molar-refractivity contribution is 0.352. The third-order valence-electron chi connectivity index (χ3n) is 3.65. The molecule has 0 saturated heterocycles. The first-order chi connectivity index (χ1) is 9.69. The van der Waals surface area contributed by atoms with E-state index >= 15 is 0 Å². The minimum absolute atomic E-state index is 0.783. The van der Waals surface area contributed by atoms with Gasteiger partial charge in [-0.25, -0.2) is 4.98 Å². The maximum Gasteiger partial charge on any atom is 0.127 e. The highest BCUT2D eigenvalue weighted by Crippen LogP contribution is 2.33. The van der Waals surface area contributed by atoms with Crippen molar-refractivity contribution in [3.63, 3.8) is 0 Å². The molecule has 3 rings (SSSR count). The number of rotatable bonds is 4. The van der Waals surface area contributed by atoms with Crippen LogP contribution in [0, 0.1) is 6.92 Å². The summed E-state index contributed by atoms with van der Waals surface area (Å²) in [5.74, 6) is 2.08. The van der Waals surface area contributed by atoms with Gasteiger partial charge in [0.05, 0.1) is 18.8 Å². The number of aromatic nitrogens is 2. The van der Waals surface area contributed by atoms with Crippen molar-refractivity contribution in [2.45, 2.75) is 26.4 Å². The van der Waals surface area contributed by atoms with Gasteiger partial charge in [-0.2, -0.15) is 0 Å². The fourth-order valence-electron chi connectivity index (χ4n) is 2.69. The number of hydrogen-bond acceptors (Lipinski definition) is 3. The maximum atomic E-state index is 5.80. The van der Waals surface area contributed by atoms with Crippen LogP contribution in [0.5, 0.6) is 5.75 Å². The zero-order chi connectivity index (χ0) is 14.1. The van der Waals surface area contributed by atoms with Crippen molar-refractivity contribution in [3.05, 3.63) is 45.4 Å². The quantitative estimate of drug-likeness (QED) is 0.933. The number of nitrogens with zero attached hydrogens (tertiary/aromatic N) is 2. The molecule has 0 bridgehead atoms. The van der Waals surface area contributed by atoms with Crippen LogP contribution in [0.4, 0.5) is 0 Å². The monoisotopic (exact) mass is 335 g/mol. The summed E-state index contributed by atoms with van der Waals surface area (Å²) in [6.45, 7) is 4.44. The highest BCUT2D eigenvalue weighted by atomic mass is 79.9. The first-order valence-corrected chi connectivity index (χ1v) is 7.58. The number of nitrogens with one attached hydrogen (secondary N) is 1. The van der Waals surface area contributed by atoms with Crippen molar-refractivity contribution in [1.82, 2.24) is 14.9 Å². The Balaban J connectivity index is 1.98. The molecule has 20 heavy (non-hydrogen) atoms. The topological polar surface area (TPSA) is 39.1 Å². The fraction of sp³-hybridized carbons (Fsp3) is 0.400. The van der Waals surface area contributed by atoms with Gasteiger partial charge in [-0.05, 0) is 31.7 Å². The molecule has 1 aliphatic rings. The summed E-state index contributed by atoms with van der Waals surface area (Å²) >= 11 is 3.59. The van der Waals surface area contributed by atoms with Crippen molar-refractivity contribution in [2.24, 2.45) is 0 Å². The molecule has 1 aromatic carbocycles. The highest BCUT2D eigenvalue weighted by Gasteiger charge is 2.18. The number of fused-ring (bicyclic) bond motifs is 1. The highest BCUT2D eigenvalue weighted by molar-refractivity contribution is 9.10. The number of halogens is 1. The summed E-state index contributed by atoms with van der Waals surface area (Å²) in [4.78, 5) is 4.42. The summed E-state index contributed by atoms with van der Waals surface area (Å²) < 4.78 is 9.15. The molecule has 106 valence electrons. The van der Waals surface area contributed by atoms with Crippen molar-refractivity contribution >= 4 is 15.9 Å². The average Bonchev–Trinajstić information content (AvgIpc) is 3.00. The number of imidazole rings is 1. The molecule has 0 unspecified atom stereocenters. The standard InChI is InChI=1S/C15H18BrN3O/c1-10-18-8-14(7-17-2)19(10)9-12-6-13(16)5-11-3-4-20-15(11)12/h5-6,8,17H,3-4,7,9H2,1-2H3. The Morgan fingerprint density at radius 1 is 1.45 bits per heavy atom. The maximum absolute atomic E-state index is 5.80. The Morgan fingerprint density at radius 3 is 3.10 bits per heavy atom. The predicted octanol–water partition coefficient (Wildman–Crippen LogP) is 2.66. The normalized spacial score (nSPS) is 13.3. The van der Waals surface area contributed by atoms with E-state index in [2.05, 4.69) is 42.9 Å². The van der Waals surface area contributed by atoms with Gasteiger partial charge >= 0.3 is 0 Å². The van der Waals surface area contributed by atoms with Crippen LogP contribution in [0.25, 0.3) is 0 Å². The number of ether oxygens (including phenoxy) is 1. The van der Waals surface area contributed by atoms with Gasteiger partial charge in [0.1, 0.15) is 11.6 Å². The molecule has 1 N–H and O–H groups in total. The van der Waals surface area contributed by atoms with Gasteiger partial charge in [-0.3, -0.25) is 0 Å². The van der Waals surface area contributed by atoms with Gasteiger partial charge < -0.3 is 14.6 Å². The lowest BCUT2D eigenvalue weighted by Crippen LogP contribution is -2.13. The van der Waals surface area contributed by atoms with Crippen molar-refractivity contribution in [1.29, 1.82) is 0 Å². The SMILES string of the molecule is CNCc1cnc(C)n1Cc1cc(Br)cc2c1OCC2. The molecule has 2 heterocycles. The second kappa shape index (κ2) is 5.58. The van der Waals surface area contributed by atoms with E-state index in [0.717, 1.165) is 42.2 Å². The van der Waals surface area contributed by atoms with Crippen LogP contribution in [-0.2, 0) is 19.5 Å². The lowest BCUT2D eigenvalue weighted by atomic mass is 10.1. The number of aryl methyl sites for hydroxylation is 1. The van der Waals surface area contributed by atoms with E-state index in [4.69, 9.17) is 4.74 Å². The molecule has 4 nitrogen and oxygen atoms in total. The molecule has 5 heteroatoms. The lowest BCUT2D eigenvalue weighted by Gasteiger charge is -2.13. The molecule has 1 aliphatic heterocycles. The van der Waals surface area contributed by atoms with E-state index < -0.39 is 0 Å². The number of benzene rings is 1. The molecule has 0 fully saturated rings. The molecule has 0 saturated carbocycles. The van der Waals surface area contributed by atoms with Crippen molar-refractivity contribution in [3.8, 4) is 5.75 Å². The van der Waals surface area contributed by atoms with Crippen LogP contribution in [0.15, 0.2) is 22.8 Å². The summed E-state index contributed by atoms with van der Waals surface area (Å²) in [6.07, 6.45) is 2.93. The first kappa shape index (κ1) is 13.6. The third kappa shape index (κ3) is 2.47. The zero-order valence-electron chi connectivity index (χ0n) is 11.7.